The van der Waals surface area contributed by atoms with E-state index < -0.39 is 0 Å². The van der Waals surface area contributed by atoms with Gasteiger partial charge in [0.1, 0.15) is 5.52 Å². The van der Waals surface area contributed by atoms with Crippen LogP contribution in [0.25, 0.3) is 16.6 Å². The lowest BCUT2D eigenvalue weighted by atomic mass is 9.96. The molecule has 0 bridgehead atoms. The third-order valence-electron chi connectivity index (χ3n) is 6.69. The van der Waals surface area contributed by atoms with Crippen LogP contribution in [0.4, 0.5) is 5.82 Å². The standard InChI is InChI=1S/C27H30N6O/c1-19-24-20(2)33(23-14-8-5-9-15-23)30-25(24)26(29-28-19)32-16-10-13-22(18-32)27(34)31(3)17-21-11-6-4-7-12-21/h4-9,11-12,14-15,22H,10,13,16-18H2,1-3H3/t22-/m0/s1. The number of para-hydroxylation sites is 1. The first kappa shape index (κ1) is 22.1. The van der Waals surface area contributed by atoms with Crippen molar-refractivity contribution >= 4 is 22.6 Å². The average molecular weight is 455 g/mol. The van der Waals surface area contributed by atoms with Crippen molar-refractivity contribution in [2.45, 2.75) is 33.2 Å². The monoisotopic (exact) mass is 454 g/mol. The van der Waals surface area contributed by atoms with E-state index in [1.165, 1.54) is 0 Å². The Hall–Kier alpha value is -3.74. The highest BCUT2D eigenvalue weighted by atomic mass is 16.2. The first-order valence-corrected chi connectivity index (χ1v) is 11.8. The summed E-state index contributed by atoms with van der Waals surface area (Å²) in [4.78, 5) is 17.3. The first-order valence-electron chi connectivity index (χ1n) is 11.8. The molecule has 7 nitrogen and oxygen atoms in total. The maximum atomic E-state index is 13.3. The molecule has 1 atom stereocenters. The smallest absolute Gasteiger partial charge is 0.227 e. The summed E-state index contributed by atoms with van der Waals surface area (Å²) in [6.45, 7) is 6.13. The minimum absolute atomic E-state index is 0.0714. The van der Waals surface area contributed by atoms with Crippen LogP contribution < -0.4 is 4.90 Å². The van der Waals surface area contributed by atoms with Gasteiger partial charge < -0.3 is 9.80 Å². The van der Waals surface area contributed by atoms with Gasteiger partial charge in [0.25, 0.3) is 0 Å². The molecule has 0 saturated carbocycles. The van der Waals surface area contributed by atoms with E-state index in [9.17, 15) is 4.79 Å². The summed E-state index contributed by atoms with van der Waals surface area (Å²) in [6.07, 6.45) is 1.82. The van der Waals surface area contributed by atoms with Crippen molar-refractivity contribution in [1.29, 1.82) is 0 Å². The van der Waals surface area contributed by atoms with Crippen LogP contribution in [0, 0.1) is 19.8 Å². The number of rotatable bonds is 5. The van der Waals surface area contributed by atoms with Crippen LogP contribution in [0.5, 0.6) is 0 Å². The molecule has 0 spiro atoms. The number of carbonyl (C=O) groups excluding carboxylic acids is 1. The third kappa shape index (κ3) is 4.14. The molecule has 1 amide bonds. The van der Waals surface area contributed by atoms with Crippen LogP contribution in [0.15, 0.2) is 60.7 Å². The first-order chi connectivity index (χ1) is 16.5. The summed E-state index contributed by atoms with van der Waals surface area (Å²) in [5, 5.41) is 15.0. The lowest BCUT2D eigenvalue weighted by Gasteiger charge is -2.34. The second-order valence-corrected chi connectivity index (χ2v) is 9.13. The molecular weight excluding hydrogens is 424 g/mol. The molecule has 1 aliphatic heterocycles. The predicted octanol–water partition coefficient (Wildman–Crippen LogP) is 4.31. The number of hydrogen-bond donors (Lipinski definition) is 0. The Morgan fingerprint density at radius 2 is 1.74 bits per heavy atom. The molecule has 1 aliphatic rings. The van der Waals surface area contributed by atoms with Gasteiger partial charge in [-0.05, 0) is 44.4 Å². The summed E-state index contributed by atoms with van der Waals surface area (Å²) >= 11 is 0. The zero-order chi connectivity index (χ0) is 23.7. The maximum Gasteiger partial charge on any atom is 0.227 e. The molecule has 174 valence electrons. The van der Waals surface area contributed by atoms with E-state index in [0.717, 1.165) is 58.7 Å². The van der Waals surface area contributed by atoms with Gasteiger partial charge >= 0.3 is 0 Å². The lowest BCUT2D eigenvalue weighted by molar-refractivity contribution is -0.135. The van der Waals surface area contributed by atoms with Gasteiger partial charge in [0.05, 0.1) is 28.4 Å². The summed E-state index contributed by atoms with van der Waals surface area (Å²) in [5.74, 6) is 0.871. The Kier molecular flexibility index (Phi) is 6.01. The second kappa shape index (κ2) is 9.25. The molecule has 1 fully saturated rings. The van der Waals surface area contributed by atoms with E-state index in [-0.39, 0.29) is 11.8 Å². The molecule has 0 N–H and O–H groups in total. The van der Waals surface area contributed by atoms with Gasteiger partial charge in [-0.15, -0.1) is 5.10 Å². The van der Waals surface area contributed by atoms with Crippen molar-refractivity contribution in [1.82, 2.24) is 24.9 Å². The van der Waals surface area contributed by atoms with E-state index in [1.54, 1.807) is 0 Å². The molecule has 0 unspecified atom stereocenters. The molecule has 2 aromatic heterocycles. The molecule has 0 aliphatic carbocycles. The number of carbonyl (C=O) groups is 1. The molecule has 2 aromatic carbocycles. The molecular formula is C27H30N6O. The topological polar surface area (TPSA) is 67.2 Å². The van der Waals surface area contributed by atoms with Crippen molar-refractivity contribution in [2.24, 2.45) is 5.92 Å². The minimum atomic E-state index is -0.0714. The van der Waals surface area contributed by atoms with Gasteiger partial charge in [0.2, 0.25) is 5.91 Å². The van der Waals surface area contributed by atoms with Crippen LogP contribution in [-0.2, 0) is 11.3 Å². The van der Waals surface area contributed by atoms with Gasteiger partial charge in [-0.1, -0.05) is 48.5 Å². The molecule has 5 rings (SSSR count). The molecule has 7 heteroatoms. The molecule has 3 heterocycles. The van der Waals surface area contributed by atoms with Gasteiger partial charge in [-0.25, -0.2) is 4.68 Å². The van der Waals surface area contributed by atoms with Gasteiger partial charge in [0, 0.05) is 26.7 Å². The van der Waals surface area contributed by atoms with E-state index in [1.807, 2.05) is 72.1 Å². The van der Waals surface area contributed by atoms with Gasteiger partial charge in [-0.3, -0.25) is 4.79 Å². The Morgan fingerprint density at radius 3 is 2.47 bits per heavy atom. The number of benzene rings is 2. The highest BCUT2D eigenvalue weighted by Crippen LogP contribution is 2.32. The second-order valence-electron chi connectivity index (χ2n) is 9.13. The maximum absolute atomic E-state index is 13.3. The Morgan fingerprint density at radius 1 is 1.03 bits per heavy atom. The minimum Gasteiger partial charge on any atom is -0.352 e. The average Bonchev–Trinajstić information content (AvgIpc) is 3.23. The number of aromatic nitrogens is 4. The molecule has 4 aromatic rings. The van der Waals surface area contributed by atoms with Gasteiger partial charge in [-0.2, -0.15) is 10.2 Å². The molecule has 1 saturated heterocycles. The van der Waals surface area contributed by atoms with E-state index in [0.29, 0.717) is 13.1 Å². The van der Waals surface area contributed by atoms with Crippen molar-refractivity contribution < 1.29 is 4.79 Å². The number of piperidine rings is 1. The van der Waals surface area contributed by atoms with Gasteiger partial charge in [0.15, 0.2) is 5.82 Å². The Bertz CT molecular complexity index is 1300. The zero-order valence-corrected chi connectivity index (χ0v) is 20.0. The lowest BCUT2D eigenvalue weighted by Crippen LogP contribution is -2.44. The SMILES string of the molecule is Cc1nnc(N2CCC[C@H](C(=O)N(C)Cc3ccccc3)C2)c2nn(-c3ccccc3)c(C)c12. The van der Waals surface area contributed by atoms with Crippen LogP contribution in [0.2, 0.25) is 0 Å². The van der Waals surface area contributed by atoms with Crippen LogP contribution >= 0.6 is 0 Å². The van der Waals surface area contributed by atoms with E-state index >= 15 is 0 Å². The zero-order valence-electron chi connectivity index (χ0n) is 20.0. The largest absolute Gasteiger partial charge is 0.352 e. The normalized spacial score (nSPS) is 16.1. The Labute approximate surface area is 200 Å². The summed E-state index contributed by atoms with van der Waals surface area (Å²) in [7, 11) is 1.89. The predicted molar refractivity (Wildman–Crippen MR) is 134 cm³/mol. The Balaban J connectivity index is 1.42. The number of hydrogen-bond acceptors (Lipinski definition) is 5. The number of aryl methyl sites for hydroxylation is 2. The highest BCUT2D eigenvalue weighted by Gasteiger charge is 2.30. The summed E-state index contributed by atoms with van der Waals surface area (Å²) in [6, 6.07) is 20.2. The summed E-state index contributed by atoms with van der Waals surface area (Å²) < 4.78 is 1.96. The number of anilines is 1. The highest BCUT2D eigenvalue weighted by molar-refractivity contribution is 5.92. The third-order valence-corrected chi connectivity index (χ3v) is 6.69. The van der Waals surface area contributed by atoms with Crippen molar-refractivity contribution in [3.05, 3.63) is 77.6 Å². The fourth-order valence-electron chi connectivity index (χ4n) is 4.96. The summed E-state index contributed by atoms with van der Waals surface area (Å²) in [5.41, 5.74) is 4.90. The van der Waals surface area contributed by atoms with Crippen LogP contribution in [0.1, 0.15) is 29.8 Å². The quantitative estimate of drug-likeness (QED) is 0.450. The van der Waals surface area contributed by atoms with Crippen molar-refractivity contribution in [3.63, 3.8) is 0 Å². The van der Waals surface area contributed by atoms with Crippen LogP contribution in [0.3, 0.4) is 0 Å². The molecule has 34 heavy (non-hydrogen) atoms. The molecule has 0 radical (unpaired) electrons. The van der Waals surface area contributed by atoms with Crippen molar-refractivity contribution in [2.75, 3.05) is 25.0 Å². The number of nitrogens with zero attached hydrogens (tertiary/aromatic N) is 6. The van der Waals surface area contributed by atoms with E-state index in [4.69, 9.17) is 5.10 Å². The number of fused-ring (bicyclic) bond motifs is 1. The fraction of sp³-hybridized carbons (Fsp3) is 0.333. The fourth-order valence-corrected chi connectivity index (χ4v) is 4.96. The van der Waals surface area contributed by atoms with Crippen LogP contribution in [-0.4, -0.2) is 50.9 Å². The van der Waals surface area contributed by atoms with E-state index in [2.05, 4.69) is 34.2 Å². The number of amides is 1. The van der Waals surface area contributed by atoms with Crippen molar-refractivity contribution in [3.8, 4) is 5.69 Å².